The molecule has 1 aromatic carbocycles. The summed E-state index contributed by atoms with van der Waals surface area (Å²) in [6.45, 7) is 3.92. The largest absolute Gasteiger partial charge is 0.306 e. The van der Waals surface area contributed by atoms with Crippen molar-refractivity contribution in [1.82, 2.24) is 14.8 Å². The minimum Gasteiger partial charge on any atom is -0.306 e. The van der Waals surface area contributed by atoms with Gasteiger partial charge in [-0.3, -0.25) is 4.79 Å². The van der Waals surface area contributed by atoms with Crippen molar-refractivity contribution in [3.63, 3.8) is 0 Å². The average molecular weight is 348 g/mol. The maximum Gasteiger partial charge on any atom is 0.266 e. The smallest absolute Gasteiger partial charge is 0.266 e. The van der Waals surface area contributed by atoms with Crippen LogP contribution in [0.1, 0.15) is 20.9 Å². The molecule has 0 saturated carbocycles. The minimum absolute atomic E-state index is 0.154. The summed E-state index contributed by atoms with van der Waals surface area (Å²) in [5.74, 6) is 0.405. The number of carbonyl (C=O) groups is 1. The molecule has 5 nitrogen and oxygen atoms in total. The molecule has 0 fully saturated rings. The lowest BCUT2D eigenvalue weighted by molar-refractivity contribution is 0.103. The van der Waals surface area contributed by atoms with Crippen molar-refractivity contribution in [2.75, 3.05) is 5.32 Å². The van der Waals surface area contributed by atoms with Crippen LogP contribution < -0.4 is 5.32 Å². The Balaban J connectivity index is 1.71. The summed E-state index contributed by atoms with van der Waals surface area (Å²) >= 11 is 1.43. The fraction of sp³-hybridized carbons (Fsp3) is 0.105. The van der Waals surface area contributed by atoms with Crippen LogP contribution in [0, 0.1) is 13.8 Å². The number of amides is 1. The predicted octanol–water partition coefficient (Wildman–Crippen LogP) is 4.35. The Morgan fingerprint density at radius 1 is 1.12 bits per heavy atom. The molecule has 6 heteroatoms. The van der Waals surface area contributed by atoms with Gasteiger partial charge in [0, 0.05) is 11.6 Å². The van der Waals surface area contributed by atoms with Crippen LogP contribution in [0.4, 0.5) is 5.82 Å². The van der Waals surface area contributed by atoms with Gasteiger partial charge in [-0.05, 0) is 49.7 Å². The molecule has 0 aliphatic heterocycles. The molecule has 0 unspecified atom stereocenters. The highest BCUT2D eigenvalue weighted by molar-refractivity contribution is 7.20. The zero-order chi connectivity index (χ0) is 17.4. The lowest BCUT2D eigenvalue weighted by Crippen LogP contribution is -2.11. The van der Waals surface area contributed by atoms with E-state index in [0.29, 0.717) is 10.7 Å². The molecule has 0 radical (unpaired) electrons. The summed E-state index contributed by atoms with van der Waals surface area (Å²) in [6, 6.07) is 15.6. The van der Waals surface area contributed by atoms with E-state index in [1.807, 2.05) is 67.1 Å². The van der Waals surface area contributed by atoms with Gasteiger partial charge < -0.3 is 5.32 Å². The number of nitrogens with one attached hydrogen (secondary N) is 1. The van der Waals surface area contributed by atoms with Gasteiger partial charge in [-0.1, -0.05) is 18.2 Å². The first-order valence-electron chi connectivity index (χ1n) is 7.90. The second-order valence-electron chi connectivity index (χ2n) is 5.83. The Labute approximate surface area is 149 Å². The van der Waals surface area contributed by atoms with Crippen LogP contribution in [0.15, 0.2) is 54.7 Å². The van der Waals surface area contributed by atoms with Crippen molar-refractivity contribution in [3.05, 3.63) is 70.9 Å². The number of pyridine rings is 1. The monoisotopic (exact) mass is 348 g/mol. The van der Waals surface area contributed by atoms with Crippen molar-refractivity contribution in [3.8, 4) is 5.69 Å². The fourth-order valence-electron chi connectivity index (χ4n) is 2.69. The van der Waals surface area contributed by atoms with Crippen molar-refractivity contribution in [2.24, 2.45) is 0 Å². The fourth-order valence-corrected chi connectivity index (χ4v) is 3.76. The zero-order valence-electron chi connectivity index (χ0n) is 13.9. The van der Waals surface area contributed by atoms with Crippen LogP contribution in [0.5, 0.6) is 0 Å². The molecule has 0 bridgehead atoms. The quantitative estimate of drug-likeness (QED) is 0.599. The number of fused-ring (bicyclic) bond motifs is 1. The maximum atomic E-state index is 12.6. The zero-order valence-corrected chi connectivity index (χ0v) is 14.7. The Hall–Kier alpha value is -2.99. The van der Waals surface area contributed by atoms with Crippen LogP contribution in [-0.4, -0.2) is 20.7 Å². The van der Waals surface area contributed by atoms with Crippen molar-refractivity contribution in [1.29, 1.82) is 0 Å². The van der Waals surface area contributed by atoms with Gasteiger partial charge >= 0.3 is 0 Å². The molecule has 0 atom stereocenters. The third kappa shape index (κ3) is 2.92. The van der Waals surface area contributed by atoms with Gasteiger partial charge in [0.2, 0.25) is 0 Å². The van der Waals surface area contributed by atoms with Gasteiger partial charge in [-0.15, -0.1) is 11.3 Å². The molecule has 0 spiro atoms. The molecule has 124 valence electrons. The average Bonchev–Trinajstić information content (AvgIpc) is 3.17. The Bertz CT molecular complexity index is 1070. The number of benzene rings is 1. The van der Waals surface area contributed by atoms with E-state index in [-0.39, 0.29) is 5.91 Å². The molecule has 1 amide bonds. The number of aromatic nitrogens is 3. The van der Waals surface area contributed by atoms with Crippen LogP contribution in [0.25, 0.3) is 15.9 Å². The van der Waals surface area contributed by atoms with Gasteiger partial charge in [-0.2, -0.15) is 5.10 Å². The first-order chi connectivity index (χ1) is 12.1. The number of thiophene rings is 1. The third-order valence-corrected chi connectivity index (χ3v) is 5.04. The summed E-state index contributed by atoms with van der Waals surface area (Å²) in [4.78, 5) is 18.4. The summed E-state index contributed by atoms with van der Waals surface area (Å²) in [5.41, 5.74) is 2.94. The summed E-state index contributed by atoms with van der Waals surface area (Å²) in [6.07, 6.45) is 1.69. The van der Waals surface area contributed by atoms with E-state index in [9.17, 15) is 4.79 Å². The van der Waals surface area contributed by atoms with Gasteiger partial charge in [0.15, 0.2) is 0 Å². The number of anilines is 1. The Morgan fingerprint density at radius 3 is 2.68 bits per heavy atom. The van der Waals surface area contributed by atoms with Gasteiger partial charge in [0.1, 0.15) is 10.6 Å². The molecule has 3 heterocycles. The van der Waals surface area contributed by atoms with Crippen LogP contribution in [0.2, 0.25) is 0 Å². The number of hydrogen-bond acceptors (Lipinski definition) is 4. The predicted molar refractivity (Wildman–Crippen MR) is 101 cm³/mol. The van der Waals surface area contributed by atoms with Crippen LogP contribution in [-0.2, 0) is 0 Å². The molecule has 0 saturated heterocycles. The maximum absolute atomic E-state index is 12.6. The molecule has 1 N–H and O–H groups in total. The Morgan fingerprint density at radius 2 is 1.92 bits per heavy atom. The molecular formula is C19H16N4OS. The summed E-state index contributed by atoms with van der Waals surface area (Å²) in [7, 11) is 0. The number of carbonyl (C=O) groups excluding carboxylic acids is 1. The third-order valence-electron chi connectivity index (χ3n) is 3.93. The SMILES string of the molecule is Cc1ccnc(NC(=O)c2cc3c(C)nn(-c4ccccc4)c3s2)c1. The van der Waals surface area contributed by atoms with Crippen LogP contribution >= 0.6 is 11.3 Å². The number of rotatable bonds is 3. The van der Waals surface area contributed by atoms with E-state index in [0.717, 1.165) is 27.2 Å². The van der Waals surface area contributed by atoms with E-state index in [1.54, 1.807) is 6.20 Å². The Kier molecular flexibility index (Phi) is 3.82. The van der Waals surface area contributed by atoms with Crippen molar-refractivity contribution >= 4 is 33.3 Å². The first-order valence-corrected chi connectivity index (χ1v) is 8.72. The van der Waals surface area contributed by atoms with Gasteiger partial charge in [0.05, 0.1) is 16.3 Å². The highest BCUT2D eigenvalue weighted by Crippen LogP contribution is 2.30. The molecule has 0 aliphatic carbocycles. The number of hydrogen-bond donors (Lipinski definition) is 1. The normalized spacial score (nSPS) is 11.0. The molecular weight excluding hydrogens is 332 g/mol. The second kappa shape index (κ2) is 6.14. The second-order valence-corrected chi connectivity index (χ2v) is 6.87. The summed E-state index contributed by atoms with van der Waals surface area (Å²) in [5, 5.41) is 8.45. The first kappa shape index (κ1) is 15.5. The lowest BCUT2D eigenvalue weighted by Gasteiger charge is -2.03. The van der Waals surface area contributed by atoms with E-state index in [1.165, 1.54) is 11.3 Å². The summed E-state index contributed by atoms with van der Waals surface area (Å²) < 4.78 is 1.89. The standard InChI is InChI=1S/C19H16N4OS/c1-12-8-9-20-17(10-12)21-18(24)16-11-15-13(2)22-23(19(15)25-16)14-6-4-3-5-7-14/h3-11H,1-2H3,(H,20,21,24). The molecule has 4 aromatic rings. The minimum atomic E-state index is -0.154. The molecule has 3 aromatic heterocycles. The van der Waals surface area contributed by atoms with Crippen LogP contribution in [0.3, 0.4) is 0 Å². The topological polar surface area (TPSA) is 59.8 Å². The highest BCUT2D eigenvalue weighted by atomic mass is 32.1. The molecule has 25 heavy (non-hydrogen) atoms. The van der Waals surface area contributed by atoms with E-state index < -0.39 is 0 Å². The number of nitrogens with zero attached hydrogens (tertiary/aromatic N) is 3. The molecule has 4 rings (SSSR count). The van der Waals surface area contributed by atoms with Crippen molar-refractivity contribution < 1.29 is 4.79 Å². The van der Waals surface area contributed by atoms with Gasteiger partial charge in [0.25, 0.3) is 5.91 Å². The lowest BCUT2D eigenvalue weighted by atomic mass is 10.3. The highest BCUT2D eigenvalue weighted by Gasteiger charge is 2.17. The van der Waals surface area contributed by atoms with Crippen molar-refractivity contribution in [2.45, 2.75) is 13.8 Å². The van der Waals surface area contributed by atoms with E-state index >= 15 is 0 Å². The van der Waals surface area contributed by atoms with Gasteiger partial charge in [-0.25, -0.2) is 9.67 Å². The molecule has 0 aliphatic rings. The number of para-hydroxylation sites is 1. The van der Waals surface area contributed by atoms with E-state index in [2.05, 4.69) is 15.4 Å². The van der Waals surface area contributed by atoms with E-state index in [4.69, 9.17) is 0 Å². The number of aryl methyl sites for hydroxylation is 2.